The molecule has 220 valence electrons. The van der Waals surface area contributed by atoms with Gasteiger partial charge in [0, 0.05) is 11.6 Å². The van der Waals surface area contributed by atoms with Crippen LogP contribution < -0.4 is 10.6 Å². The molecule has 0 saturated heterocycles. The summed E-state index contributed by atoms with van der Waals surface area (Å²) in [7, 11) is 0. The number of carbonyl (C=O) groups is 3. The van der Waals surface area contributed by atoms with Gasteiger partial charge in [-0.1, -0.05) is 30.3 Å². The number of nitrogens with one attached hydrogen (secondary N) is 2. The van der Waals surface area contributed by atoms with Crippen molar-refractivity contribution in [2.75, 3.05) is 12.0 Å². The van der Waals surface area contributed by atoms with Crippen molar-refractivity contribution in [3.8, 4) is 11.1 Å². The molecule has 41 heavy (non-hydrogen) atoms. The average molecular weight is 579 g/mol. The standard InChI is InChI=1S/C31H42N2O6S.Li.H/c1-20-8-6-7-9-24(20)26-18-21(10-15-25(26)28(34)33-27(29(35)36)16-17-40-5)19-38-23-13-11-22(12-14-23)32-30(37)39-31(2,3)4;;/h6-10,15,18,22-23,27H,11-14,16-17,19H2,1-5H3,(H,32,37)(H,33,34)(H,35,36);;/t22?,23?,27-;;/m0../s1. The Morgan fingerprint density at radius 3 is 2.34 bits per heavy atom. The van der Waals surface area contributed by atoms with Gasteiger partial charge in [0.1, 0.15) is 11.6 Å². The van der Waals surface area contributed by atoms with Crippen molar-refractivity contribution in [2.45, 2.75) is 90.2 Å². The third-order valence-electron chi connectivity index (χ3n) is 6.86. The van der Waals surface area contributed by atoms with Crippen molar-refractivity contribution in [1.29, 1.82) is 0 Å². The molecule has 0 unspecified atom stereocenters. The summed E-state index contributed by atoms with van der Waals surface area (Å²) in [5.74, 6) is -0.812. The molecule has 0 bridgehead atoms. The molecule has 1 aliphatic carbocycles. The Morgan fingerprint density at radius 2 is 1.73 bits per heavy atom. The number of carboxylic acids is 1. The van der Waals surface area contributed by atoms with E-state index in [1.807, 2.05) is 70.3 Å². The second-order valence-electron chi connectivity index (χ2n) is 11.3. The van der Waals surface area contributed by atoms with Gasteiger partial charge in [0.05, 0.1) is 12.7 Å². The molecule has 3 rings (SSSR count). The van der Waals surface area contributed by atoms with E-state index in [0.717, 1.165) is 47.9 Å². The first kappa shape index (κ1) is 34.8. The fraction of sp³-hybridized carbons (Fsp3) is 0.516. The van der Waals surface area contributed by atoms with E-state index in [0.29, 0.717) is 24.3 Å². The SMILES string of the molecule is CSCC[C@H](NC(=O)c1ccc(COC2CCC(NC(=O)OC(C)(C)C)CC2)cc1-c1ccccc1C)C(=O)O.[LiH]. The van der Waals surface area contributed by atoms with E-state index in [2.05, 4.69) is 10.6 Å². The van der Waals surface area contributed by atoms with Crippen molar-refractivity contribution in [1.82, 2.24) is 10.6 Å². The van der Waals surface area contributed by atoms with Crippen LogP contribution in [0, 0.1) is 6.92 Å². The van der Waals surface area contributed by atoms with E-state index in [1.54, 1.807) is 17.8 Å². The van der Waals surface area contributed by atoms with Gasteiger partial charge in [0.15, 0.2) is 0 Å². The quantitative estimate of drug-likeness (QED) is 0.310. The van der Waals surface area contributed by atoms with Crippen molar-refractivity contribution >= 4 is 48.6 Å². The number of hydrogen-bond acceptors (Lipinski definition) is 6. The summed E-state index contributed by atoms with van der Waals surface area (Å²) in [6.45, 7) is 7.92. The first-order valence-electron chi connectivity index (χ1n) is 13.8. The maximum absolute atomic E-state index is 13.3. The van der Waals surface area contributed by atoms with Crippen LogP contribution in [-0.2, 0) is 20.9 Å². The predicted molar refractivity (Wildman–Crippen MR) is 166 cm³/mol. The monoisotopic (exact) mass is 578 g/mol. The average Bonchev–Trinajstić information content (AvgIpc) is 2.89. The van der Waals surface area contributed by atoms with Gasteiger partial charge in [-0.3, -0.25) is 4.79 Å². The molecule has 2 amide bonds. The van der Waals surface area contributed by atoms with E-state index < -0.39 is 23.5 Å². The molecule has 8 nitrogen and oxygen atoms in total. The number of aryl methyl sites for hydroxylation is 1. The summed E-state index contributed by atoms with van der Waals surface area (Å²) in [6.07, 6.45) is 5.25. The second-order valence-corrected chi connectivity index (χ2v) is 12.3. The van der Waals surface area contributed by atoms with Crippen LogP contribution in [-0.4, -0.2) is 77.7 Å². The van der Waals surface area contributed by atoms with Crippen LogP contribution in [0.4, 0.5) is 4.79 Å². The third kappa shape index (κ3) is 11.0. The molecular weight excluding hydrogens is 535 g/mol. The number of alkyl carbamates (subject to hydrolysis) is 1. The second kappa shape index (κ2) is 16.3. The Morgan fingerprint density at radius 1 is 1.05 bits per heavy atom. The number of rotatable bonds is 11. The predicted octanol–water partition coefficient (Wildman–Crippen LogP) is 5.30. The number of hydrogen-bond donors (Lipinski definition) is 3. The van der Waals surface area contributed by atoms with Crippen LogP contribution in [0.1, 0.15) is 74.4 Å². The molecule has 0 aromatic heterocycles. The summed E-state index contributed by atoms with van der Waals surface area (Å²) < 4.78 is 11.6. The van der Waals surface area contributed by atoms with Gasteiger partial charge in [-0.25, -0.2) is 9.59 Å². The fourth-order valence-corrected chi connectivity index (χ4v) is 5.24. The Bertz CT molecular complexity index is 1180. The Hall–Kier alpha value is -2.44. The van der Waals surface area contributed by atoms with Crippen LogP contribution in [0.5, 0.6) is 0 Å². The van der Waals surface area contributed by atoms with Gasteiger partial charge in [-0.2, -0.15) is 11.8 Å². The number of benzene rings is 2. The normalized spacial score (nSPS) is 17.6. The van der Waals surface area contributed by atoms with Crippen molar-refractivity contribution in [3.63, 3.8) is 0 Å². The minimum atomic E-state index is -1.04. The molecule has 0 radical (unpaired) electrons. The first-order valence-corrected chi connectivity index (χ1v) is 15.2. The molecule has 0 spiro atoms. The van der Waals surface area contributed by atoms with Crippen LogP contribution in [0.2, 0.25) is 0 Å². The molecule has 2 aromatic carbocycles. The molecule has 10 heteroatoms. The Kier molecular flexibility index (Phi) is 13.8. The number of carbonyl (C=O) groups excluding carboxylic acids is 2. The molecule has 1 aliphatic rings. The molecular formula is C31H43LiN2O6S. The van der Waals surface area contributed by atoms with Gasteiger partial charge in [-0.15, -0.1) is 0 Å². The fourth-order valence-electron chi connectivity index (χ4n) is 4.77. The summed E-state index contributed by atoms with van der Waals surface area (Å²) in [5.41, 5.74) is 3.52. The molecule has 1 fully saturated rings. The number of aliphatic carboxylic acids is 1. The van der Waals surface area contributed by atoms with E-state index in [9.17, 15) is 19.5 Å². The van der Waals surface area contributed by atoms with Gasteiger partial charge in [0.2, 0.25) is 0 Å². The van der Waals surface area contributed by atoms with Crippen molar-refractivity contribution < 1.29 is 29.0 Å². The Labute approximate surface area is 259 Å². The number of thioether (sulfide) groups is 1. The number of amides is 2. The van der Waals surface area contributed by atoms with Crippen LogP contribution in [0.25, 0.3) is 11.1 Å². The zero-order valence-corrected chi connectivity index (χ0v) is 24.9. The summed E-state index contributed by atoms with van der Waals surface area (Å²) in [4.78, 5) is 37.1. The van der Waals surface area contributed by atoms with E-state index in [1.165, 1.54) is 0 Å². The molecule has 0 heterocycles. The molecule has 1 atom stereocenters. The summed E-state index contributed by atoms with van der Waals surface area (Å²) in [6, 6.07) is 12.5. The summed E-state index contributed by atoms with van der Waals surface area (Å²) >= 11 is 1.54. The number of carboxylic acid groups (broad SMARTS) is 1. The molecule has 3 N–H and O–H groups in total. The first-order chi connectivity index (χ1) is 19.0. The van der Waals surface area contributed by atoms with Gasteiger partial charge < -0.3 is 25.2 Å². The van der Waals surface area contributed by atoms with Crippen LogP contribution >= 0.6 is 11.8 Å². The molecule has 1 saturated carbocycles. The number of ether oxygens (including phenoxy) is 2. The zero-order valence-electron chi connectivity index (χ0n) is 24.1. The van der Waals surface area contributed by atoms with Crippen LogP contribution in [0.15, 0.2) is 42.5 Å². The third-order valence-corrected chi connectivity index (χ3v) is 7.50. The van der Waals surface area contributed by atoms with Gasteiger partial charge >= 0.3 is 30.9 Å². The van der Waals surface area contributed by atoms with E-state index >= 15 is 0 Å². The van der Waals surface area contributed by atoms with Gasteiger partial charge in [-0.05, 0) is 106 Å². The summed E-state index contributed by atoms with van der Waals surface area (Å²) in [5, 5.41) is 15.3. The van der Waals surface area contributed by atoms with Gasteiger partial charge in [0.25, 0.3) is 5.91 Å². The molecule has 2 aromatic rings. The van der Waals surface area contributed by atoms with E-state index in [4.69, 9.17) is 9.47 Å². The topological polar surface area (TPSA) is 114 Å². The zero-order chi connectivity index (χ0) is 29.3. The van der Waals surface area contributed by atoms with Crippen molar-refractivity contribution in [3.05, 3.63) is 59.2 Å². The van der Waals surface area contributed by atoms with Crippen LogP contribution in [0.3, 0.4) is 0 Å². The minimum absolute atomic E-state index is 0. The van der Waals surface area contributed by atoms with E-state index in [-0.39, 0.29) is 37.1 Å². The van der Waals surface area contributed by atoms with Crippen molar-refractivity contribution in [2.24, 2.45) is 0 Å². The molecule has 0 aliphatic heterocycles. The Balaban J connectivity index is 0.00000588. The maximum atomic E-state index is 13.3.